The first-order chi connectivity index (χ1) is 24.4. The largest absolute Gasteiger partial charge is 0.489 e. The van der Waals surface area contributed by atoms with E-state index >= 15 is 0 Å². The minimum absolute atomic E-state index is 0.0249. The molecule has 0 aromatic heterocycles. The molecule has 0 aliphatic carbocycles. The number of nitrogens with zero attached hydrogens (tertiary/aromatic N) is 2. The number of carbonyl (C=O) groups excluding carboxylic acids is 4. The van der Waals surface area contributed by atoms with Crippen LogP contribution >= 0.6 is 0 Å². The van der Waals surface area contributed by atoms with Crippen molar-refractivity contribution in [2.24, 2.45) is 5.92 Å². The summed E-state index contributed by atoms with van der Waals surface area (Å²) in [5, 5.41) is 0. The lowest BCUT2D eigenvalue weighted by Crippen LogP contribution is -2.52. The van der Waals surface area contributed by atoms with Crippen LogP contribution in [0.5, 0.6) is 5.75 Å². The lowest BCUT2D eigenvalue weighted by Gasteiger charge is -2.44. The fraction of sp³-hybridized carbons (Fsp3) is 0.317. The Morgan fingerprint density at radius 3 is 2.32 bits per heavy atom. The molecule has 9 nitrogen and oxygen atoms in total. The third-order valence-electron chi connectivity index (χ3n) is 9.58. The van der Waals surface area contributed by atoms with Crippen molar-refractivity contribution in [1.29, 1.82) is 0 Å². The van der Waals surface area contributed by atoms with E-state index in [0.717, 1.165) is 49.2 Å². The summed E-state index contributed by atoms with van der Waals surface area (Å²) in [4.78, 5) is 53.4. The van der Waals surface area contributed by atoms with Crippen LogP contribution in [-0.2, 0) is 20.9 Å². The molecule has 0 radical (unpaired) electrons. The number of carbonyl (C=O) groups is 4. The van der Waals surface area contributed by atoms with Gasteiger partial charge < -0.3 is 19.1 Å². The van der Waals surface area contributed by atoms with Gasteiger partial charge in [-0.05, 0) is 84.9 Å². The lowest BCUT2D eigenvalue weighted by molar-refractivity contribution is -0.159. The van der Waals surface area contributed by atoms with Gasteiger partial charge in [0.25, 0.3) is 5.91 Å². The zero-order chi connectivity index (χ0) is 34.9. The summed E-state index contributed by atoms with van der Waals surface area (Å²) < 4.78 is 17.6. The van der Waals surface area contributed by atoms with Crippen LogP contribution in [0.4, 0.5) is 0 Å². The fourth-order valence-electron chi connectivity index (χ4n) is 6.69. The number of benzene rings is 4. The van der Waals surface area contributed by atoms with E-state index < -0.39 is 5.97 Å². The monoisotopic (exact) mass is 674 g/mol. The predicted octanol–water partition coefficient (Wildman–Crippen LogP) is 6.17. The van der Waals surface area contributed by atoms with Crippen molar-refractivity contribution in [3.8, 4) is 5.75 Å². The van der Waals surface area contributed by atoms with Crippen LogP contribution in [0.15, 0.2) is 103 Å². The molecule has 3 fully saturated rings. The Kier molecular flexibility index (Phi) is 11.4. The smallest absolute Gasteiger partial charge is 0.338 e. The highest BCUT2D eigenvalue weighted by Gasteiger charge is 2.37. The molecule has 3 saturated heterocycles. The Morgan fingerprint density at radius 1 is 0.860 bits per heavy atom. The number of hydrogen-bond acceptors (Lipinski definition) is 8. The molecule has 2 atom stereocenters. The van der Waals surface area contributed by atoms with E-state index in [0.29, 0.717) is 34.6 Å². The van der Waals surface area contributed by atoms with Crippen LogP contribution in [0.3, 0.4) is 0 Å². The molecular weight excluding hydrogens is 632 g/mol. The maximum absolute atomic E-state index is 13.3. The fourth-order valence-corrected chi connectivity index (χ4v) is 6.69. The second-order valence-electron chi connectivity index (χ2n) is 13.0. The standard InChI is InChI=1S/C41H42N2O7/c1-42(40(46)35-11-5-7-30(23-35)27-44)21-22-48-41(47)33-15-13-29(14-16-33)28-49-36-12-6-10-34(24-36)37(31-8-3-2-4-9-31)25-39(45)50-38-26-43-19-17-32(38)18-20-43/h2-16,23-24,27,32,37-38H,17-22,25-26,28H2,1H3/t37-,38-/m0/s1. The first-order valence-electron chi connectivity index (χ1n) is 17.1. The van der Waals surface area contributed by atoms with E-state index in [-0.39, 0.29) is 50.1 Å². The third kappa shape index (κ3) is 8.84. The Hall–Kier alpha value is -5.28. The molecule has 4 aromatic rings. The third-order valence-corrected chi connectivity index (χ3v) is 9.58. The van der Waals surface area contributed by atoms with E-state index in [1.54, 1.807) is 37.4 Å². The maximum Gasteiger partial charge on any atom is 0.338 e. The Balaban J connectivity index is 1.01. The van der Waals surface area contributed by atoms with Crippen molar-refractivity contribution in [2.75, 3.05) is 39.8 Å². The highest BCUT2D eigenvalue weighted by Crippen LogP contribution is 2.33. The van der Waals surface area contributed by atoms with Gasteiger partial charge in [-0.25, -0.2) is 4.79 Å². The van der Waals surface area contributed by atoms with Gasteiger partial charge in [0, 0.05) is 30.6 Å². The van der Waals surface area contributed by atoms with Gasteiger partial charge in [-0.15, -0.1) is 0 Å². The molecular formula is C41H42N2O7. The van der Waals surface area contributed by atoms with Crippen LogP contribution in [0.2, 0.25) is 0 Å². The molecule has 0 N–H and O–H groups in total. The van der Waals surface area contributed by atoms with Crippen LogP contribution in [0.25, 0.3) is 0 Å². The molecule has 9 heteroatoms. The van der Waals surface area contributed by atoms with Crippen molar-refractivity contribution in [1.82, 2.24) is 9.80 Å². The molecule has 7 rings (SSSR count). The van der Waals surface area contributed by atoms with Gasteiger partial charge in [0.1, 0.15) is 31.4 Å². The van der Waals surface area contributed by atoms with Gasteiger partial charge >= 0.3 is 11.9 Å². The summed E-state index contributed by atoms with van der Waals surface area (Å²) in [6.07, 6.45) is 3.09. The quantitative estimate of drug-likeness (QED) is 0.116. The minimum Gasteiger partial charge on any atom is -0.489 e. The molecule has 0 saturated carbocycles. The van der Waals surface area contributed by atoms with Gasteiger partial charge in [-0.1, -0.05) is 66.7 Å². The zero-order valence-corrected chi connectivity index (χ0v) is 28.2. The molecule has 1 amide bonds. The lowest BCUT2D eigenvalue weighted by atomic mass is 9.85. The Morgan fingerprint density at radius 2 is 1.60 bits per heavy atom. The molecule has 0 spiro atoms. The van der Waals surface area contributed by atoms with Crippen LogP contribution in [-0.4, -0.2) is 79.9 Å². The predicted molar refractivity (Wildman–Crippen MR) is 188 cm³/mol. The molecule has 2 bridgehead atoms. The molecule has 3 aliphatic rings. The minimum atomic E-state index is -0.493. The number of aldehydes is 1. The van der Waals surface area contributed by atoms with Gasteiger partial charge in [0.15, 0.2) is 0 Å². The molecule has 258 valence electrons. The van der Waals surface area contributed by atoms with Crippen molar-refractivity contribution < 1.29 is 33.4 Å². The number of fused-ring (bicyclic) bond motifs is 3. The van der Waals surface area contributed by atoms with Crippen molar-refractivity contribution in [3.63, 3.8) is 0 Å². The number of hydrogen-bond donors (Lipinski definition) is 0. The number of ether oxygens (including phenoxy) is 3. The number of rotatable bonds is 14. The van der Waals surface area contributed by atoms with E-state index in [4.69, 9.17) is 14.2 Å². The summed E-state index contributed by atoms with van der Waals surface area (Å²) in [6.45, 7) is 3.54. The van der Waals surface area contributed by atoms with E-state index in [2.05, 4.69) is 4.90 Å². The van der Waals surface area contributed by atoms with E-state index in [1.807, 2.05) is 66.7 Å². The molecule has 3 heterocycles. The SMILES string of the molecule is CN(CCOC(=O)c1ccc(COc2cccc([C@@H](CC(=O)O[C@H]3CN4CCC3CC4)c3ccccc3)c2)cc1)C(=O)c1cccc(C=O)c1. The Labute approximate surface area is 292 Å². The first kappa shape index (κ1) is 34.6. The van der Waals surface area contributed by atoms with E-state index in [9.17, 15) is 19.2 Å². The van der Waals surface area contributed by atoms with Gasteiger partial charge in [-0.2, -0.15) is 0 Å². The Bertz CT molecular complexity index is 1780. The average Bonchev–Trinajstić information content (AvgIpc) is 3.17. The first-order valence-corrected chi connectivity index (χ1v) is 17.1. The molecule has 4 aromatic carbocycles. The highest BCUT2D eigenvalue weighted by atomic mass is 16.5. The van der Waals surface area contributed by atoms with Crippen molar-refractivity contribution >= 4 is 24.1 Å². The van der Waals surface area contributed by atoms with Crippen molar-refractivity contribution in [3.05, 3.63) is 137 Å². The second-order valence-corrected chi connectivity index (χ2v) is 13.0. The highest BCUT2D eigenvalue weighted by molar-refractivity contribution is 5.95. The van der Waals surface area contributed by atoms with Gasteiger partial charge in [0.05, 0.1) is 18.5 Å². The van der Waals surface area contributed by atoms with Crippen LogP contribution in [0, 0.1) is 5.92 Å². The van der Waals surface area contributed by atoms with E-state index in [1.165, 1.54) is 11.0 Å². The molecule has 0 unspecified atom stereocenters. The summed E-state index contributed by atoms with van der Waals surface area (Å²) in [5.74, 6) is 0.0225. The maximum atomic E-state index is 13.3. The van der Waals surface area contributed by atoms with Crippen molar-refractivity contribution in [2.45, 2.75) is 37.9 Å². The summed E-state index contributed by atoms with van der Waals surface area (Å²) >= 11 is 0. The van der Waals surface area contributed by atoms with Gasteiger partial charge in [-0.3, -0.25) is 19.3 Å². The number of esters is 2. The average molecular weight is 675 g/mol. The summed E-state index contributed by atoms with van der Waals surface area (Å²) in [5.41, 5.74) is 4.08. The number of amides is 1. The zero-order valence-electron chi connectivity index (χ0n) is 28.2. The summed E-state index contributed by atoms with van der Waals surface area (Å²) in [6, 6.07) is 31.3. The van der Waals surface area contributed by atoms with Crippen LogP contribution < -0.4 is 4.74 Å². The summed E-state index contributed by atoms with van der Waals surface area (Å²) in [7, 11) is 1.61. The molecule has 50 heavy (non-hydrogen) atoms. The topological polar surface area (TPSA) is 102 Å². The van der Waals surface area contributed by atoms with Gasteiger partial charge in [0.2, 0.25) is 0 Å². The number of piperidine rings is 3. The molecule has 3 aliphatic heterocycles. The van der Waals surface area contributed by atoms with Crippen LogP contribution in [0.1, 0.15) is 72.9 Å². The number of likely N-dealkylation sites (N-methyl/N-ethyl adjacent to an activating group) is 1. The second kappa shape index (κ2) is 16.4. The normalized spacial score (nSPS) is 18.5.